The Balaban J connectivity index is 2.07. The SMILES string of the molecule is COc1ccc(N2CCCCCC2)c2nc(C)[nH]c12. The summed E-state index contributed by atoms with van der Waals surface area (Å²) in [6.45, 7) is 4.26. The van der Waals surface area contributed by atoms with Crippen molar-refractivity contribution in [3.8, 4) is 5.75 Å². The molecule has 0 spiro atoms. The molecule has 2 aromatic rings. The monoisotopic (exact) mass is 259 g/mol. The van der Waals surface area contributed by atoms with Crippen LogP contribution in [0.3, 0.4) is 0 Å². The number of imidazole rings is 1. The Hall–Kier alpha value is -1.71. The fraction of sp³-hybridized carbons (Fsp3) is 0.533. The highest BCUT2D eigenvalue weighted by Crippen LogP contribution is 2.33. The zero-order chi connectivity index (χ0) is 13.2. The van der Waals surface area contributed by atoms with Crippen molar-refractivity contribution in [3.63, 3.8) is 0 Å². The van der Waals surface area contributed by atoms with Crippen molar-refractivity contribution in [3.05, 3.63) is 18.0 Å². The van der Waals surface area contributed by atoms with Crippen LogP contribution >= 0.6 is 0 Å². The molecule has 1 aromatic carbocycles. The smallest absolute Gasteiger partial charge is 0.144 e. The molecule has 0 aliphatic carbocycles. The fourth-order valence-corrected chi connectivity index (χ4v) is 2.91. The van der Waals surface area contributed by atoms with E-state index in [0.717, 1.165) is 35.7 Å². The van der Waals surface area contributed by atoms with Crippen LogP contribution in [0.25, 0.3) is 11.0 Å². The van der Waals surface area contributed by atoms with Gasteiger partial charge in [0.15, 0.2) is 0 Å². The van der Waals surface area contributed by atoms with Gasteiger partial charge in [-0.3, -0.25) is 0 Å². The zero-order valence-electron chi connectivity index (χ0n) is 11.7. The van der Waals surface area contributed by atoms with Gasteiger partial charge in [0.2, 0.25) is 0 Å². The summed E-state index contributed by atoms with van der Waals surface area (Å²) in [5, 5.41) is 0. The second kappa shape index (κ2) is 5.11. The predicted octanol–water partition coefficient (Wildman–Crippen LogP) is 3.26. The van der Waals surface area contributed by atoms with E-state index in [-0.39, 0.29) is 0 Å². The molecule has 0 bridgehead atoms. The highest BCUT2D eigenvalue weighted by atomic mass is 16.5. The van der Waals surface area contributed by atoms with Gasteiger partial charge in [-0.25, -0.2) is 4.98 Å². The average Bonchev–Trinajstić information content (AvgIpc) is 2.64. The number of nitrogens with zero attached hydrogens (tertiary/aromatic N) is 2. The van der Waals surface area contributed by atoms with Crippen molar-refractivity contribution in [2.75, 3.05) is 25.1 Å². The number of benzene rings is 1. The molecular weight excluding hydrogens is 238 g/mol. The molecule has 4 heteroatoms. The van der Waals surface area contributed by atoms with E-state index >= 15 is 0 Å². The first-order valence-corrected chi connectivity index (χ1v) is 7.08. The predicted molar refractivity (Wildman–Crippen MR) is 78.1 cm³/mol. The molecule has 1 N–H and O–H groups in total. The van der Waals surface area contributed by atoms with Crippen molar-refractivity contribution in [1.29, 1.82) is 0 Å². The van der Waals surface area contributed by atoms with Crippen LogP contribution in [0.4, 0.5) is 5.69 Å². The topological polar surface area (TPSA) is 41.1 Å². The lowest BCUT2D eigenvalue weighted by Gasteiger charge is -2.23. The van der Waals surface area contributed by atoms with E-state index in [1.807, 2.05) is 13.0 Å². The number of rotatable bonds is 2. The largest absolute Gasteiger partial charge is 0.494 e. The van der Waals surface area contributed by atoms with Crippen LogP contribution in [0.1, 0.15) is 31.5 Å². The summed E-state index contributed by atoms with van der Waals surface area (Å²) in [6, 6.07) is 4.19. The van der Waals surface area contributed by atoms with Crippen LogP contribution < -0.4 is 9.64 Å². The molecule has 4 nitrogen and oxygen atoms in total. The molecule has 19 heavy (non-hydrogen) atoms. The molecule has 0 unspecified atom stereocenters. The van der Waals surface area contributed by atoms with Gasteiger partial charge in [-0.1, -0.05) is 12.8 Å². The zero-order valence-corrected chi connectivity index (χ0v) is 11.7. The van der Waals surface area contributed by atoms with E-state index in [1.165, 1.54) is 31.4 Å². The number of hydrogen-bond donors (Lipinski definition) is 1. The lowest BCUT2D eigenvalue weighted by Crippen LogP contribution is -2.24. The Labute approximate surface area is 113 Å². The van der Waals surface area contributed by atoms with Crippen LogP contribution in [0.2, 0.25) is 0 Å². The summed E-state index contributed by atoms with van der Waals surface area (Å²) in [5.41, 5.74) is 3.29. The molecule has 2 heterocycles. The molecule has 1 aliphatic rings. The number of hydrogen-bond acceptors (Lipinski definition) is 3. The third-order valence-electron chi connectivity index (χ3n) is 3.87. The quantitative estimate of drug-likeness (QED) is 0.900. The minimum Gasteiger partial charge on any atom is -0.494 e. The number of aromatic nitrogens is 2. The van der Waals surface area contributed by atoms with Crippen LogP contribution in [0.15, 0.2) is 12.1 Å². The van der Waals surface area contributed by atoms with Gasteiger partial charge in [0.1, 0.15) is 22.6 Å². The second-order valence-electron chi connectivity index (χ2n) is 5.23. The molecule has 102 valence electrons. The molecule has 3 rings (SSSR count). The Kier molecular flexibility index (Phi) is 3.32. The second-order valence-corrected chi connectivity index (χ2v) is 5.23. The summed E-state index contributed by atoms with van der Waals surface area (Å²) in [4.78, 5) is 10.4. The number of H-pyrrole nitrogens is 1. The number of methoxy groups -OCH3 is 1. The lowest BCUT2D eigenvalue weighted by atomic mass is 10.2. The van der Waals surface area contributed by atoms with Crippen LogP contribution in [0, 0.1) is 6.92 Å². The van der Waals surface area contributed by atoms with Crippen molar-refractivity contribution < 1.29 is 4.74 Å². The minimum absolute atomic E-state index is 0.870. The number of nitrogens with one attached hydrogen (secondary N) is 1. The Morgan fingerprint density at radius 1 is 1.16 bits per heavy atom. The Morgan fingerprint density at radius 3 is 2.58 bits per heavy atom. The summed E-state index contributed by atoms with van der Waals surface area (Å²) in [5.74, 6) is 1.81. The van der Waals surface area contributed by atoms with Crippen LogP contribution in [0.5, 0.6) is 5.75 Å². The van der Waals surface area contributed by atoms with Gasteiger partial charge < -0.3 is 14.6 Å². The third kappa shape index (κ3) is 2.27. The number of ether oxygens (including phenoxy) is 1. The van der Waals surface area contributed by atoms with Crippen molar-refractivity contribution in [2.45, 2.75) is 32.6 Å². The maximum absolute atomic E-state index is 5.42. The molecular formula is C15H21N3O. The number of aryl methyl sites for hydroxylation is 1. The van der Waals surface area contributed by atoms with Crippen molar-refractivity contribution in [2.24, 2.45) is 0 Å². The fourth-order valence-electron chi connectivity index (χ4n) is 2.91. The van der Waals surface area contributed by atoms with Crippen molar-refractivity contribution >= 4 is 16.7 Å². The van der Waals surface area contributed by atoms with E-state index in [2.05, 4.69) is 20.9 Å². The van der Waals surface area contributed by atoms with E-state index < -0.39 is 0 Å². The summed E-state index contributed by atoms with van der Waals surface area (Å²) in [6.07, 6.45) is 5.23. The van der Waals surface area contributed by atoms with E-state index in [0.29, 0.717) is 0 Å². The normalized spacial score (nSPS) is 16.6. The molecule has 0 saturated carbocycles. The first-order valence-electron chi connectivity index (χ1n) is 7.08. The van der Waals surface area contributed by atoms with Gasteiger partial charge in [0, 0.05) is 13.1 Å². The number of anilines is 1. The maximum Gasteiger partial charge on any atom is 0.144 e. The van der Waals surface area contributed by atoms with Crippen LogP contribution in [-0.2, 0) is 0 Å². The molecule has 0 atom stereocenters. The maximum atomic E-state index is 5.42. The molecule has 1 aromatic heterocycles. The van der Waals surface area contributed by atoms with E-state index in [4.69, 9.17) is 4.74 Å². The molecule has 1 saturated heterocycles. The van der Waals surface area contributed by atoms with Gasteiger partial charge in [0.25, 0.3) is 0 Å². The standard InChI is InChI=1S/C15H21N3O/c1-11-16-14-12(18-9-5-3-4-6-10-18)7-8-13(19-2)15(14)17-11/h7-8H,3-6,9-10H2,1-2H3,(H,16,17). The summed E-state index contributed by atoms with van der Waals surface area (Å²) in [7, 11) is 1.70. The summed E-state index contributed by atoms with van der Waals surface area (Å²) >= 11 is 0. The van der Waals surface area contributed by atoms with E-state index in [1.54, 1.807) is 7.11 Å². The highest BCUT2D eigenvalue weighted by Gasteiger charge is 2.17. The Morgan fingerprint density at radius 2 is 1.89 bits per heavy atom. The van der Waals surface area contributed by atoms with Crippen LogP contribution in [-0.4, -0.2) is 30.2 Å². The number of fused-ring (bicyclic) bond motifs is 1. The van der Waals surface area contributed by atoms with Gasteiger partial charge in [-0.2, -0.15) is 0 Å². The Bertz CT molecular complexity index is 568. The molecule has 0 radical (unpaired) electrons. The van der Waals surface area contributed by atoms with Crippen molar-refractivity contribution in [1.82, 2.24) is 9.97 Å². The summed E-state index contributed by atoms with van der Waals surface area (Å²) < 4.78 is 5.42. The lowest BCUT2D eigenvalue weighted by molar-refractivity contribution is 0.419. The van der Waals surface area contributed by atoms with Gasteiger partial charge in [-0.15, -0.1) is 0 Å². The minimum atomic E-state index is 0.870. The van der Waals surface area contributed by atoms with Gasteiger partial charge in [-0.05, 0) is 31.9 Å². The molecule has 0 amide bonds. The van der Waals surface area contributed by atoms with E-state index in [9.17, 15) is 0 Å². The molecule has 1 fully saturated rings. The average molecular weight is 259 g/mol. The van der Waals surface area contributed by atoms with Gasteiger partial charge in [0.05, 0.1) is 12.8 Å². The first-order chi connectivity index (χ1) is 9.29. The first kappa shape index (κ1) is 12.3. The van der Waals surface area contributed by atoms with Gasteiger partial charge >= 0.3 is 0 Å². The molecule has 1 aliphatic heterocycles. The highest BCUT2D eigenvalue weighted by molar-refractivity contribution is 5.93. The number of aromatic amines is 1. The third-order valence-corrected chi connectivity index (χ3v) is 3.87.